The molecule has 1 unspecified atom stereocenters. The molecule has 0 aliphatic carbocycles. The Morgan fingerprint density at radius 2 is 1.68 bits per heavy atom. The molecule has 0 saturated carbocycles. The van der Waals surface area contributed by atoms with Gasteiger partial charge in [-0.25, -0.2) is 0 Å². The molecule has 0 aromatic carbocycles. The molecule has 0 bridgehead atoms. The zero-order valence-corrected chi connectivity index (χ0v) is 13.7. The van der Waals surface area contributed by atoms with Crippen molar-refractivity contribution in [3.63, 3.8) is 0 Å². The number of rotatable bonds is 14. The second-order valence-corrected chi connectivity index (χ2v) is 5.36. The minimum atomic E-state index is 0.703. The third-order valence-corrected chi connectivity index (χ3v) is 3.65. The Kier molecular flexibility index (Phi) is 14.2. The average Bonchev–Trinajstić information content (AvgIpc) is 2.44. The van der Waals surface area contributed by atoms with Crippen LogP contribution in [-0.4, -0.2) is 50.3 Å². The lowest BCUT2D eigenvalue weighted by Crippen LogP contribution is -2.39. The molecule has 116 valence electrons. The minimum absolute atomic E-state index is 0.703. The lowest BCUT2D eigenvalue weighted by atomic mass is 10.2. The molecule has 0 saturated heterocycles. The van der Waals surface area contributed by atoms with Crippen LogP contribution in [0.25, 0.3) is 0 Å². The van der Waals surface area contributed by atoms with Gasteiger partial charge in [0.1, 0.15) is 0 Å². The van der Waals surface area contributed by atoms with Crippen LogP contribution in [0, 0.1) is 0 Å². The maximum atomic E-state index is 5.54. The van der Waals surface area contributed by atoms with Crippen molar-refractivity contribution in [1.82, 2.24) is 10.2 Å². The SMILES string of the molecule is CCCCOCCNCCN(CCCC)C(C)CC. The molecule has 0 heterocycles. The molecule has 0 rings (SSSR count). The zero-order chi connectivity index (χ0) is 14.3. The van der Waals surface area contributed by atoms with Gasteiger partial charge >= 0.3 is 0 Å². The highest BCUT2D eigenvalue weighted by Gasteiger charge is 2.10. The minimum Gasteiger partial charge on any atom is -0.380 e. The van der Waals surface area contributed by atoms with Crippen molar-refractivity contribution in [2.24, 2.45) is 0 Å². The Balaban J connectivity index is 3.52. The van der Waals surface area contributed by atoms with E-state index < -0.39 is 0 Å². The van der Waals surface area contributed by atoms with Gasteiger partial charge in [0.15, 0.2) is 0 Å². The van der Waals surface area contributed by atoms with Crippen molar-refractivity contribution >= 4 is 0 Å². The van der Waals surface area contributed by atoms with Crippen LogP contribution in [0.4, 0.5) is 0 Å². The predicted molar refractivity (Wildman–Crippen MR) is 84.8 cm³/mol. The Morgan fingerprint density at radius 1 is 0.947 bits per heavy atom. The third kappa shape index (κ3) is 11.4. The summed E-state index contributed by atoms with van der Waals surface area (Å²) in [5.74, 6) is 0. The quantitative estimate of drug-likeness (QED) is 0.491. The van der Waals surface area contributed by atoms with E-state index >= 15 is 0 Å². The summed E-state index contributed by atoms with van der Waals surface area (Å²) >= 11 is 0. The van der Waals surface area contributed by atoms with Gasteiger partial charge in [0, 0.05) is 32.3 Å². The Bertz CT molecular complexity index is 176. The largest absolute Gasteiger partial charge is 0.380 e. The zero-order valence-electron chi connectivity index (χ0n) is 13.7. The highest BCUT2D eigenvalue weighted by molar-refractivity contribution is 4.67. The van der Waals surface area contributed by atoms with E-state index in [1.54, 1.807) is 0 Å². The fraction of sp³-hybridized carbons (Fsp3) is 1.00. The topological polar surface area (TPSA) is 24.5 Å². The molecule has 0 amide bonds. The average molecular weight is 272 g/mol. The molecule has 1 atom stereocenters. The maximum absolute atomic E-state index is 5.54. The van der Waals surface area contributed by atoms with E-state index in [9.17, 15) is 0 Å². The lowest BCUT2D eigenvalue weighted by Gasteiger charge is -2.28. The van der Waals surface area contributed by atoms with Gasteiger partial charge in [0.2, 0.25) is 0 Å². The van der Waals surface area contributed by atoms with E-state index in [4.69, 9.17) is 4.74 Å². The van der Waals surface area contributed by atoms with Crippen molar-refractivity contribution in [3.8, 4) is 0 Å². The smallest absolute Gasteiger partial charge is 0.0590 e. The third-order valence-electron chi connectivity index (χ3n) is 3.65. The summed E-state index contributed by atoms with van der Waals surface area (Å²) in [6.45, 7) is 15.3. The first-order chi connectivity index (χ1) is 9.26. The van der Waals surface area contributed by atoms with Crippen LogP contribution >= 0.6 is 0 Å². The van der Waals surface area contributed by atoms with Crippen LogP contribution in [0.1, 0.15) is 59.8 Å². The summed E-state index contributed by atoms with van der Waals surface area (Å²) in [6, 6.07) is 0.703. The van der Waals surface area contributed by atoms with Crippen LogP contribution in [0.3, 0.4) is 0 Å². The summed E-state index contributed by atoms with van der Waals surface area (Å²) in [5.41, 5.74) is 0. The predicted octanol–water partition coefficient (Wildman–Crippen LogP) is 3.29. The first-order valence-electron chi connectivity index (χ1n) is 8.28. The molecule has 0 aliphatic rings. The van der Waals surface area contributed by atoms with E-state index in [1.165, 1.54) is 38.6 Å². The second-order valence-electron chi connectivity index (χ2n) is 5.36. The summed E-state index contributed by atoms with van der Waals surface area (Å²) in [7, 11) is 0. The van der Waals surface area contributed by atoms with Gasteiger partial charge in [-0.15, -0.1) is 0 Å². The molecule has 19 heavy (non-hydrogen) atoms. The van der Waals surface area contributed by atoms with Crippen LogP contribution in [0.15, 0.2) is 0 Å². The van der Waals surface area contributed by atoms with Crippen molar-refractivity contribution in [2.45, 2.75) is 65.8 Å². The van der Waals surface area contributed by atoms with Gasteiger partial charge < -0.3 is 10.1 Å². The van der Waals surface area contributed by atoms with E-state index in [1.807, 2.05) is 0 Å². The molecule has 0 fully saturated rings. The molecular weight excluding hydrogens is 236 g/mol. The molecule has 3 nitrogen and oxygen atoms in total. The van der Waals surface area contributed by atoms with Crippen molar-refractivity contribution in [1.29, 1.82) is 0 Å². The monoisotopic (exact) mass is 272 g/mol. The molecule has 0 aromatic rings. The van der Waals surface area contributed by atoms with E-state index in [2.05, 4.69) is 37.9 Å². The summed E-state index contributed by atoms with van der Waals surface area (Å²) in [4.78, 5) is 2.61. The first-order valence-corrected chi connectivity index (χ1v) is 8.28. The Hall–Kier alpha value is -0.120. The molecular formula is C16H36N2O. The maximum Gasteiger partial charge on any atom is 0.0590 e. The lowest BCUT2D eigenvalue weighted by molar-refractivity contribution is 0.131. The van der Waals surface area contributed by atoms with Gasteiger partial charge in [0.25, 0.3) is 0 Å². The van der Waals surface area contributed by atoms with Gasteiger partial charge in [0.05, 0.1) is 6.61 Å². The van der Waals surface area contributed by atoms with Crippen molar-refractivity contribution < 1.29 is 4.74 Å². The Morgan fingerprint density at radius 3 is 2.32 bits per heavy atom. The molecule has 0 aliphatic heterocycles. The fourth-order valence-electron chi connectivity index (χ4n) is 2.01. The number of hydrogen-bond acceptors (Lipinski definition) is 3. The molecule has 1 N–H and O–H groups in total. The summed E-state index contributed by atoms with van der Waals surface area (Å²) < 4.78 is 5.54. The normalized spacial score (nSPS) is 13.1. The summed E-state index contributed by atoms with van der Waals surface area (Å²) in [6.07, 6.45) is 6.23. The number of ether oxygens (including phenoxy) is 1. The van der Waals surface area contributed by atoms with E-state index in [0.717, 1.165) is 32.8 Å². The first kappa shape index (κ1) is 18.9. The van der Waals surface area contributed by atoms with E-state index in [0.29, 0.717) is 6.04 Å². The van der Waals surface area contributed by atoms with Crippen molar-refractivity contribution in [3.05, 3.63) is 0 Å². The van der Waals surface area contributed by atoms with Gasteiger partial charge in [-0.3, -0.25) is 4.90 Å². The van der Waals surface area contributed by atoms with Crippen LogP contribution in [0.2, 0.25) is 0 Å². The number of nitrogens with one attached hydrogen (secondary N) is 1. The number of unbranched alkanes of at least 4 members (excludes halogenated alkanes) is 2. The van der Waals surface area contributed by atoms with Crippen molar-refractivity contribution in [2.75, 3.05) is 39.4 Å². The van der Waals surface area contributed by atoms with Crippen LogP contribution in [0.5, 0.6) is 0 Å². The van der Waals surface area contributed by atoms with Crippen LogP contribution < -0.4 is 5.32 Å². The fourth-order valence-corrected chi connectivity index (χ4v) is 2.01. The molecule has 0 aromatic heterocycles. The highest BCUT2D eigenvalue weighted by Crippen LogP contribution is 2.04. The second kappa shape index (κ2) is 14.3. The number of nitrogens with zero attached hydrogens (tertiary/aromatic N) is 1. The highest BCUT2D eigenvalue weighted by atomic mass is 16.5. The number of hydrogen-bond donors (Lipinski definition) is 1. The summed E-state index contributed by atoms with van der Waals surface area (Å²) in [5, 5.41) is 3.48. The molecule has 0 spiro atoms. The van der Waals surface area contributed by atoms with Gasteiger partial charge in [-0.05, 0) is 32.7 Å². The van der Waals surface area contributed by atoms with E-state index in [-0.39, 0.29) is 0 Å². The van der Waals surface area contributed by atoms with Gasteiger partial charge in [-0.1, -0.05) is 33.6 Å². The molecule has 0 radical (unpaired) electrons. The van der Waals surface area contributed by atoms with Gasteiger partial charge in [-0.2, -0.15) is 0 Å². The van der Waals surface area contributed by atoms with Crippen LogP contribution in [-0.2, 0) is 4.74 Å². The standard InChI is InChI=1S/C16H36N2O/c1-5-8-12-18(16(4)7-3)13-10-17-11-15-19-14-9-6-2/h16-17H,5-15H2,1-4H3. The Labute approximate surface area is 121 Å². The molecule has 3 heteroatoms.